The van der Waals surface area contributed by atoms with Gasteiger partial charge in [-0.3, -0.25) is 0 Å². The van der Waals surface area contributed by atoms with Crippen LogP contribution >= 0.6 is 0 Å². The van der Waals surface area contributed by atoms with Crippen LogP contribution < -0.4 is 5.19 Å². The molecule has 1 fully saturated rings. The number of hydrogen-bond acceptors (Lipinski definition) is 3. The average molecular weight is 941 g/mol. The van der Waals surface area contributed by atoms with E-state index in [1.807, 2.05) is 24.4 Å². The van der Waals surface area contributed by atoms with Crippen LogP contribution in [-0.4, -0.2) is 18.0 Å². The molecule has 1 radical (unpaired) electrons. The molecule has 1 saturated carbocycles. The molecule has 3 nitrogen and oxygen atoms in total. The number of pyridine rings is 2. The molecule has 5 aromatic carbocycles. The summed E-state index contributed by atoms with van der Waals surface area (Å²) >= 11 is 0. The minimum absolute atomic E-state index is 0. The molecule has 0 spiro atoms. The van der Waals surface area contributed by atoms with Crippen molar-refractivity contribution in [2.45, 2.75) is 84.4 Å². The first-order valence-corrected chi connectivity index (χ1v) is 23.8. The predicted octanol–water partition coefficient (Wildman–Crippen LogP) is 14.0. The molecule has 0 amide bonds. The van der Waals surface area contributed by atoms with Crippen molar-refractivity contribution < 1.29 is 24.5 Å². The van der Waals surface area contributed by atoms with Gasteiger partial charge in [0.2, 0.25) is 0 Å². The molecule has 3 aromatic heterocycles. The van der Waals surface area contributed by atoms with Crippen LogP contribution in [0.15, 0.2) is 132 Å². The minimum Gasteiger partial charge on any atom is -0.501 e. The van der Waals surface area contributed by atoms with E-state index in [1.54, 1.807) is 0 Å². The fourth-order valence-electron chi connectivity index (χ4n) is 8.68. The topological polar surface area (TPSA) is 38.9 Å². The molecule has 9 rings (SSSR count). The molecule has 0 saturated heterocycles. The molecule has 3 heterocycles. The number of hydrogen-bond donors (Lipinski definition) is 0. The van der Waals surface area contributed by atoms with E-state index in [1.165, 1.54) is 58.3 Å². The molecule has 5 heteroatoms. The van der Waals surface area contributed by atoms with E-state index in [0.29, 0.717) is 5.92 Å². The second-order valence-electron chi connectivity index (χ2n) is 17.4. The van der Waals surface area contributed by atoms with Crippen molar-refractivity contribution in [1.29, 1.82) is 0 Å². The van der Waals surface area contributed by atoms with Crippen LogP contribution in [0.3, 0.4) is 0 Å². The quantitative estimate of drug-likeness (QED) is 0.118. The van der Waals surface area contributed by atoms with Crippen LogP contribution in [0.25, 0.3) is 66.4 Å². The number of fused-ring (bicyclic) bond motifs is 4. The molecule has 0 unspecified atom stereocenters. The maximum absolute atomic E-state index is 6.45. The van der Waals surface area contributed by atoms with Crippen molar-refractivity contribution in [3.8, 4) is 33.6 Å². The van der Waals surface area contributed by atoms with Crippen molar-refractivity contribution in [2.24, 2.45) is 5.92 Å². The van der Waals surface area contributed by atoms with Crippen LogP contribution in [0.5, 0.6) is 0 Å². The third-order valence-corrected chi connectivity index (χ3v) is 14.1. The van der Waals surface area contributed by atoms with Gasteiger partial charge in [0.15, 0.2) is 0 Å². The van der Waals surface area contributed by atoms with E-state index in [0.717, 1.165) is 55.9 Å². The van der Waals surface area contributed by atoms with Crippen LogP contribution in [0.4, 0.5) is 0 Å². The molecule has 0 bridgehead atoms. The van der Waals surface area contributed by atoms with Crippen LogP contribution in [0.1, 0.15) is 70.4 Å². The fraction of sp³-hybridized carbons (Fsp3) is 0.269. The molecule has 291 valence electrons. The Kier molecular flexibility index (Phi) is 11.8. The summed E-state index contributed by atoms with van der Waals surface area (Å²) in [4.78, 5) is 9.56. The Balaban J connectivity index is 0.000000183. The van der Waals surface area contributed by atoms with E-state index >= 15 is 0 Å². The third-order valence-electron chi connectivity index (χ3n) is 12.0. The molecule has 0 N–H and O–H groups in total. The van der Waals surface area contributed by atoms with Crippen molar-refractivity contribution in [3.63, 3.8) is 0 Å². The summed E-state index contributed by atoms with van der Waals surface area (Å²) in [5.74, 6) is 1.24. The maximum atomic E-state index is 6.45. The van der Waals surface area contributed by atoms with Gasteiger partial charge in [-0.1, -0.05) is 161 Å². The van der Waals surface area contributed by atoms with E-state index < -0.39 is 8.07 Å². The minimum atomic E-state index is -1.39. The smallest absolute Gasteiger partial charge is 0.121 e. The van der Waals surface area contributed by atoms with Gasteiger partial charge in [-0.25, -0.2) is 0 Å². The summed E-state index contributed by atoms with van der Waals surface area (Å²) in [5.41, 5.74) is 11.1. The largest absolute Gasteiger partial charge is 0.501 e. The predicted molar refractivity (Wildman–Crippen MR) is 239 cm³/mol. The molecule has 1 aliphatic carbocycles. The Labute approximate surface area is 353 Å². The van der Waals surface area contributed by atoms with Gasteiger partial charge in [0.05, 0.1) is 13.7 Å². The van der Waals surface area contributed by atoms with Gasteiger partial charge in [-0.2, -0.15) is 0 Å². The molecular weight excluding hydrogens is 889 g/mol. The first-order valence-electron chi connectivity index (χ1n) is 20.3. The molecule has 8 aromatic rings. The third kappa shape index (κ3) is 8.21. The van der Waals surface area contributed by atoms with Crippen molar-refractivity contribution in [3.05, 3.63) is 151 Å². The Bertz CT molecular complexity index is 2640. The molecule has 1 aliphatic rings. The summed E-state index contributed by atoms with van der Waals surface area (Å²) < 4.78 is 6.45. The van der Waals surface area contributed by atoms with Crippen molar-refractivity contribution >= 4 is 46.0 Å². The second kappa shape index (κ2) is 16.7. The van der Waals surface area contributed by atoms with Gasteiger partial charge in [0.25, 0.3) is 0 Å². The first-order chi connectivity index (χ1) is 27.0. The summed E-state index contributed by atoms with van der Waals surface area (Å²) in [5, 5.41) is 6.17. The van der Waals surface area contributed by atoms with E-state index in [-0.39, 0.29) is 25.5 Å². The summed E-state index contributed by atoms with van der Waals surface area (Å²) in [7, 11) is -1.39. The number of benzene rings is 5. The summed E-state index contributed by atoms with van der Waals surface area (Å²) in [6, 6.07) is 47.1. The summed E-state index contributed by atoms with van der Waals surface area (Å²) in [6.45, 7) is 16.5. The van der Waals surface area contributed by atoms with E-state index in [4.69, 9.17) is 14.4 Å². The Morgan fingerprint density at radius 1 is 0.702 bits per heavy atom. The SMILES string of the molecule is CC(C)(c1ccnc(-c2[c-]ccc3c2oc2cc(-c4ccccc4)ccc23)c1)C1CCCC1.CC(C)c1cc(-c2[c-]ccc3ccccc23)ncc1[Si](C)(C)C.[Ir]. The molecule has 0 aliphatic heterocycles. The summed E-state index contributed by atoms with van der Waals surface area (Å²) in [6.07, 6.45) is 9.40. The normalized spacial score (nSPS) is 13.5. The fourth-order valence-corrected chi connectivity index (χ4v) is 10.4. The Hall–Kier alpha value is -4.67. The first kappa shape index (κ1) is 40.5. The second-order valence-corrected chi connectivity index (χ2v) is 22.4. The number of aromatic nitrogens is 2. The van der Waals surface area contributed by atoms with Gasteiger partial charge in [-0.05, 0) is 75.5 Å². The number of nitrogens with zero attached hydrogens (tertiary/aromatic N) is 2. The van der Waals surface area contributed by atoms with Crippen LogP contribution in [0.2, 0.25) is 19.6 Å². The zero-order valence-electron chi connectivity index (χ0n) is 34.2. The molecular formula is C52H52IrN2OSi-2. The Morgan fingerprint density at radius 2 is 1.40 bits per heavy atom. The van der Waals surface area contributed by atoms with Gasteiger partial charge in [0.1, 0.15) is 5.58 Å². The van der Waals surface area contributed by atoms with Gasteiger partial charge < -0.3 is 14.4 Å². The maximum Gasteiger partial charge on any atom is 0.121 e. The molecule has 0 atom stereocenters. The van der Waals surface area contributed by atoms with E-state index in [2.05, 4.69) is 163 Å². The number of furan rings is 1. The van der Waals surface area contributed by atoms with Gasteiger partial charge >= 0.3 is 0 Å². The van der Waals surface area contributed by atoms with Crippen LogP contribution in [-0.2, 0) is 25.5 Å². The average Bonchev–Trinajstić information content (AvgIpc) is 3.90. The Morgan fingerprint density at radius 3 is 2.16 bits per heavy atom. The zero-order valence-corrected chi connectivity index (χ0v) is 37.6. The number of rotatable bonds is 7. The van der Waals surface area contributed by atoms with Crippen molar-refractivity contribution in [1.82, 2.24) is 9.97 Å². The van der Waals surface area contributed by atoms with Crippen molar-refractivity contribution in [2.75, 3.05) is 0 Å². The van der Waals surface area contributed by atoms with E-state index in [9.17, 15) is 0 Å². The van der Waals surface area contributed by atoms with Crippen LogP contribution in [0, 0.1) is 18.1 Å². The van der Waals surface area contributed by atoms with Gasteiger partial charge in [-0.15, -0.1) is 47.3 Å². The van der Waals surface area contributed by atoms with Gasteiger partial charge in [0, 0.05) is 37.9 Å². The molecule has 57 heavy (non-hydrogen) atoms. The standard InChI is InChI=1S/C31H28NO.C21H24NSi.Ir/c1-31(2,23-11-6-7-12-23)24-17-18-32-28(20-24)27-14-8-13-26-25-16-15-22(19-29(25)33-30(26)27)21-9-4-3-5-10-21;1-15(2)19-13-20(22-14-21(19)23(3,4)5)18-12-8-10-16-9-6-7-11-17(16)18;/h3-5,8-10,13,15-20,23H,6-7,11-12H2,1-2H3;6-11,13-15H,1-5H3;/q2*-1;. The monoisotopic (exact) mass is 941 g/mol. The zero-order chi connectivity index (χ0) is 39.0.